The van der Waals surface area contributed by atoms with Gasteiger partial charge in [-0.05, 0) is 36.4 Å². The van der Waals surface area contributed by atoms with E-state index in [1.807, 2.05) is 0 Å². The van der Waals surface area contributed by atoms with Crippen LogP contribution < -0.4 is 10.1 Å². The molecule has 6 nitrogen and oxygen atoms in total. The molecule has 1 aliphatic rings. The predicted molar refractivity (Wildman–Crippen MR) is 93.5 cm³/mol. The summed E-state index contributed by atoms with van der Waals surface area (Å²) in [7, 11) is 1.41. The molecule has 2 aromatic carbocycles. The molecule has 1 N–H and O–H groups in total. The van der Waals surface area contributed by atoms with Gasteiger partial charge in [0, 0.05) is 17.8 Å². The molecule has 0 radical (unpaired) electrons. The molecule has 0 atom stereocenters. The Hall–Kier alpha value is -2.57. The number of carbonyl (C=O) groups excluding carboxylic acids is 3. The van der Waals surface area contributed by atoms with Crippen molar-refractivity contribution in [2.24, 2.45) is 0 Å². The van der Waals surface area contributed by atoms with Crippen molar-refractivity contribution in [3.05, 3.63) is 57.6 Å². The second-order valence-electron chi connectivity index (χ2n) is 5.34. The van der Waals surface area contributed by atoms with Gasteiger partial charge in [-0.15, -0.1) is 0 Å². The van der Waals surface area contributed by atoms with Gasteiger partial charge in [0.05, 0.1) is 16.1 Å². The average Bonchev–Trinajstić information content (AvgIpc) is 2.78. The SMILES string of the molecule is CN1C(=O)c2ccc(NC(=O)COc3ccc(Cl)cc3Cl)cc2C1=O. The van der Waals surface area contributed by atoms with E-state index in [4.69, 9.17) is 27.9 Å². The minimum Gasteiger partial charge on any atom is -0.482 e. The summed E-state index contributed by atoms with van der Waals surface area (Å²) in [5.74, 6) is -0.868. The van der Waals surface area contributed by atoms with Crippen LogP contribution in [0, 0.1) is 0 Å². The number of amides is 3. The first kappa shape index (κ1) is 17.3. The van der Waals surface area contributed by atoms with Crippen molar-refractivity contribution in [3.63, 3.8) is 0 Å². The van der Waals surface area contributed by atoms with E-state index in [1.165, 1.54) is 25.2 Å². The maximum Gasteiger partial charge on any atom is 0.262 e. The lowest BCUT2D eigenvalue weighted by Crippen LogP contribution is -2.24. The third-order valence-electron chi connectivity index (χ3n) is 3.63. The molecule has 3 rings (SSSR count). The molecule has 2 aromatic rings. The molecule has 3 amide bonds. The van der Waals surface area contributed by atoms with Crippen molar-refractivity contribution in [1.82, 2.24) is 4.90 Å². The van der Waals surface area contributed by atoms with Gasteiger partial charge in [-0.1, -0.05) is 23.2 Å². The number of ether oxygens (including phenoxy) is 1. The van der Waals surface area contributed by atoms with E-state index >= 15 is 0 Å². The third-order valence-corrected chi connectivity index (χ3v) is 4.16. The molecule has 0 aliphatic carbocycles. The Balaban J connectivity index is 1.66. The van der Waals surface area contributed by atoms with Crippen LogP contribution in [0.1, 0.15) is 20.7 Å². The Bertz CT molecular complexity index is 898. The Morgan fingerprint density at radius 1 is 1.08 bits per heavy atom. The van der Waals surface area contributed by atoms with E-state index in [1.54, 1.807) is 18.2 Å². The summed E-state index contributed by atoms with van der Waals surface area (Å²) in [5.41, 5.74) is 0.965. The number of hydrogen-bond donors (Lipinski definition) is 1. The number of fused-ring (bicyclic) bond motifs is 1. The molecule has 0 spiro atoms. The lowest BCUT2D eigenvalue weighted by molar-refractivity contribution is -0.118. The van der Waals surface area contributed by atoms with Gasteiger partial charge in [-0.2, -0.15) is 0 Å². The van der Waals surface area contributed by atoms with Gasteiger partial charge >= 0.3 is 0 Å². The molecule has 1 heterocycles. The van der Waals surface area contributed by atoms with E-state index < -0.39 is 11.8 Å². The summed E-state index contributed by atoms with van der Waals surface area (Å²) in [4.78, 5) is 36.8. The fraction of sp³-hybridized carbons (Fsp3) is 0.118. The van der Waals surface area contributed by atoms with Crippen LogP contribution >= 0.6 is 23.2 Å². The van der Waals surface area contributed by atoms with Crippen LogP contribution in [0.5, 0.6) is 5.75 Å². The summed E-state index contributed by atoms with van der Waals surface area (Å²) in [6.45, 7) is -0.273. The Kier molecular flexibility index (Phi) is 4.65. The molecule has 0 aromatic heterocycles. The number of rotatable bonds is 4. The normalized spacial score (nSPS) is 13.0. The first-order valence-corrected chi connectivity index (χ1v) is 7.96. The highest BCUT2D eigenvalue weighted by atomic mass is 35.5. The molecular weight excluding hydrogens is 367 g/mol. The minimum absolute atomic E-state index is 0.256. The highest BCUT2D eigenvalue weighted by Crippen LogP contribution is 2.28. The maximum atomic E-state index is 12.0. The van der Waals surface area contributed by atoms with Crippen molar-refractivity contribution >= 4 is 46.6 Å². The maximum absolute atomic E-state index is 12.0. The molecule has 0 unspecified atom stereocenters. The molecule has 0 fully saturated rings. The summed E-state index contributed by atoms with van der Waals surface area (Å²) in [5, 5.41) is 3.37. The van der Waals surface area contributed by atoms with Gasteiger partial charge in [0.1, 0.15) is 5.75 Å². The number of anilines is 1. The van der Waals surface area contributed by atoms with Crippen LogP contribution in [-0.4, -0.2) is 36.3 Å². The molecule has 8 heteroatoms. The quantitative estimate of drug-likeness (QED) is 0.828. The van der Waals surface area contributed by atoms with Gasteiger partial charge in [0.15, 0.2) is 6.61 Å². The molecule has 128 valence electrons. The molecule has 1 aliphatic heterocycles. The minimum atomic E-state index is -0.434. The number of hydrogen-bond acceptors (Lipinski definition) is 4. The number of halogens is 2. The Morgan fingerprint density at radius 2 is 1.80 bits per heavy atom. The van der Waals surface area contributed by atoms with Crippen LogP contribution in [0.3, 0.4) is 0 Å². The van der Waals surface area contributed by atoms with E-state index in [9.17, 15) is 14.4 Å². The van der Waals surface area contributed by atoms with Crippen molar-refractivity contribution in [3.8, 4) is 5.75 Å². The van der Waals surface area contributed by atoms with E-state index in [2.05, 4.69) is 5.32 Å². The van der Waals surface area contributed by atoms with Crippen molar-refractivity contribution in [2.45, 2.75) is 0 Å². The number of benzene rings is 2. The molecular formula is C17H12Cl2N2O4. The first-order chi connectivity index (χ1) is 11.9. The van der Waals surface area contributed by atoms with Crippen molar-refractivity contribution in [2.75, 3.05) is 19.0 Å². The van der Waals surface area contributed by atoms with Gasteiger partial charge in [-0.25, -0.2) is 0 Å². The Labute approximate surface area is 153 Å². The van der Waals surface area contributed by atoms with Crippen LogP contribution in [-0.2, 0) is 4.79 Å². The van der Waals surface area contributed by atoms with E-state index in [-0.39, 0.29) is 18.1 Å². The smallest absolute Gasteiger partial charge is 0.262 e. The van der Waals surface area contributed by atoms with Crippen molar-refractivity contribution in [1.29, 1.82) is 0 Å². The topological polar surface area (TPSA) is 75.7 Å². The Morgan fingerprint density at radius 3 is 2.52 bits per heavy atom. The van der Waals surface area contributed by atoms with Crippen LogP contribution in [0.15, 0.2) is 36.4 Å². The zero-order valence-corrected chi connectivity index (χ0v) is 14.5. The number of carbonyl (C=O) groups is 3. The first-order valence-electron chi connectivity index (χ1n) is 7.21. The van der Waals surface area contributed by atoms with Gasteiger partial charge < -0.3 is 10.1 Å². The third kappa shape index (κ3) is 3.45. The monoisotopic (exact) mass is 378 g/mol. The summed E-state index contributed by atoms with van der Waals surface area (Å²) in [6.07, 6.45) is 0. The molecule has 0 saturated carbocycles. The fourth-order valence-corrected chi connectivity index (χ4v) is 2.83. The molecule has 0 bridgehead atoms. The lowest BCUT2D eigenvalue weighted by atomic mass is 10.1. The van der Waals surface area contributed by atoms with E-state index in [0.29, 0.717) is 27.0 Å². The largest absolute Gasteiger partial charge is 0.482 e. The number of nitrogens with zero attached hydrogens (tertiary/aromatic N) is 1. The predicted octanol–water partition coefficient (Wildman–Crippen LogP) is 3.24. The number of nitrogens with one attached hydrogen (secondary N) is 1. The van der Waals surface area contributed by atoms with Gasteiger partial charge in [-0.3, -0.25) is 19.3 Å². The molecule has 0 saturated heterocycles. The molecule has 25 heavy (non-hydrogen) atoms. The summed E-state index contributed by atoms with van der Waals surface area (Å²) < 4.78 is 5.34. The van der Waals surface area contributed by atoms with Gasteiger partial charge in [0.25, 0.3) is 17.7 Å². The summed E-state index contributed by atoms with van der Waals surface area (Å²) >= 11 is 11.8. The highest BCUT2D eigenvalue weighted by molar-refractivity contribution is 6.35. The van der Waals surface area contributed by atoms with Gasteiger partial charge in [0.2, 0.25) is 0 Å². The van der Waals surface area contributed by atoms with Crippen LogP contribution in [0.4, 0.5) is 5.69 Å². The summed E-state index contributed by atoms with van der Waals surface area (Å²) in [6, 6.07) is 9.19. The standard InChI is InChI=1S/C17H12Cl2N2O4/c1-21-16(23)11-4-3-10(7-12(11)17(21)24)20-15(22)8-25-14-5-2-9(18)6-13(14)19/h2-7H,8H2,1H3,(H,20,22). The van der Waals surface area contributed by atoms with E-state index in [0.717, 1.165) is 4.90 Å². The second kappa shape index (κ2) is 6.74. The zero-order chi connectivity index (χ0) is 18.1. The highest BCUT2D eigenvalue weighted by Gasteiger charge is 2.32. The lowest BCUT2D eigenvalue weighted by Gasteiger charge is -2.09. The van der Waals surface area contributed by atoms with Crippen LogP contribution in [0.2, 0.25) is 10.0 Å². The van der Waals surface area contributed by atoms with Crippen molar-refractivity contribution < 1.29 is 19.1 Å². The fourth-order valence-electron chi connectivity index (χ4n) is 2.37. The van der Waals surface area contributed by atoms with Crippen LogP contribution in [0.25, 0.3) is 0 Å². The number of imide groups is 1. The zero-order valence-electron chi connectivity index (χ0n) is 13.0. The average molecular weight is 379 g/mol. The second-order valence-corrected chi connectivity index (χ2v) is 6.18.